The second kappa shape index (κ2) is 19.6. The van der Waals surface area contributed by atoms with Crippen molar-refractivity contribution in [3.8, 4) is 11.5 Å². The molecule has 0 unspecified atom stereocenters. The molecular formula is C42H38N4O11. The highest BCUT2D eigenvalue weighted by molar-refractivity contribution is 6.29. The van der Waals surface area contributed by atoms with Gasteiger partial charge in [0, 0.05) is 46.8 Å². The highest BCUT2D eigenvalue weighted by Gasteiger charge is 2.26. The van der Waals surface area contributed by atoms with E-state index in [-0.39, 0.29) is 11.8 Å². The highest BCUT2D eigenvalue weighted by atomic mass is 16.6. The zero-order valence-electron chi connectivity index (χ0n) is 30.6. The van der Waals surface area contributed by atoms with Gasteiger partial charge in [0.05, 0.1) is 51.0 Å². The predicted molar refractivity (Wildman–Crippen MR) is 208 cm³/mol. The number of nitrogens with zero attached hydrogens (tertiary/aromatic N) is 2. The summed E-state index contributed by atoms with van der Waals surface area (Å²) in [6.45, 7) is 2.97. The Bertz CT molecular complexity index is 1940. The molecule has 6 rings (SSSR count). The second-order valence-electron chi connectivity index (χ2n) is 12.3. The summed E-state index contributed by atoms with van der Waals surface area (Å²) >= 11 is 0. The summed E-state index contributed by atoms with van der Waals surface area (Å²) in [5.41, 5.74) is 2.67. The Morgan fingerprint density at radius 2 is 0.702 bits per heavy atom. The number of carbonyl (C=O) groups excluding carboxylic acids is 6. The van der Waals surface area contributed by atoms with Crippen molar-refractivity contribution in [1.82, 2.24) is 0 Å². The lowest BCUT2D eigenvalue weighted by Gasteiger charge is -2.14. The molecule has 0 saturated heterocycles. The molecule has 4 aromatic carbocycles. The van der Waals surface area contributed by atoms with Crippen molar-refractivity contribution in [3.05, 3.63) is 132 Å². The molecule has 6 amide bonds. The van der Waals surface area contributed by atoms with E-state index in [0.29, 0.717) is 98.2 Å². The third-order valence-corrected chi connectivity index (χ3v) is 8.36. The molecule has 57 heavy (non-hydrogen) atoms. The summed E-state index contributed by atoms with van der Waals surface area (Å²) in [6, 6.07) is 26.2. The van der Waals surface area contributed by atoms with Gasteiger partial charge in [0.1, 0.15) is 24.7 Å². The molecule has 0 radical (unpaired) electrons. The van der Waals surface area contributed by atoms with Crippen molar-refractivity contribution in [2.75, 3.05) is 73.3 Å². The Morgan fingerprint density at radius 1 is 0.404 bits per heavy atom. The van der Waals surface area contributed by atoms with Crippen LogP contribution < -0.4 is 29.9 Å². The number of amides is 6. The molecule has 4 aromatic rings. The molecule has 0 aliphatic carbocycles. The maximum Gasteiger partial charge on any atom is 0.258 e. The van der Waals surface area contributed by atoms with E-state index >= 15 is 0 Å². The monoisotopic (exact) mass is 774 g/mol. The molecule has 15 nitrogen and oxygen atoms in total. The standard InChI is InChI=1S/C42H38N4O11/c47-37-17-18-38(48)45(37)33-9-1-29(2-10-33)41(51)43-31-5-13-35(14-6-31)56-27-25-54-23-21-53-22-24-55-26-28-57-36-15-7-32(8-16-36)44-42(52)30-3-11-34(12-4-30)46-39(49)19-20-40(46)50/h1-20H,21-28H2,(H,43,51)(H,44,52). The van der Waals surface area contributed by atoms with Gasteiger partial charge in [-0.15, -0.1) is 0 Å². The molecular weight excluding hydrogens is 736 g/mol. The van der Waals surface area contributed by atoms with Gasteiger partial charge in [0.2, 0.25) is 0 Å². The van der Waals surface area contributed by atoms with Gasteiger partial charge in [-0.3, -0.25) is 28.8 Å². The maximum atomic E-state index is 12.6. The first-order valence-corrected chi connectivity index (χ1v) is 17.9. The van der Waals surface area contributed by atoms with Gasteiger partial charge in [0.15, 0.2) is 0 Å². The van der Waals surface area contributed by atoms with Gasteiger partial charge in [-0.2, -0.15) is 0 Å². The molecule has 0 atom stereocenters. The Hall–Kier alpha value is -6.94. The van der Waals surface area contributed by atoms with Crippen LogP contribution >= 0.6 is 0 Å². The molecule has 0 aromatic heterocycles. The van der Waals surface area contributed by atoms with E-state index in [2.05, 4.69) is 10.6 Å². The fourth-order valence-electron chi connectivity index (χ4n) is 5.49. The number of nitrogens with one attached hydrogen (secondary N) is 2. The Morgan fingerprint density at radius 3 is 1.02 bits per heavy atom. The molecule has 0 fully saturated rings. The van der Waals surface area contributed by atoms with E-state index < -0.39 is 23.6 Å². The van der Waals surface area contributed by atoms with Crippen molar-refractivity contribution in [2.45, 2.75) is 0 Å². The van der Waals surface area contributed by atoms with Crippen LogP contribution in [0, 0.1) is 0 Å². The maximum absolute atomic E-state index is 12.6. The van der Waals surface area contributed by atoms with Crippen molar-refractivity contribution in [3.63, 3.8) is 0 Å². The van der Waals surface area contributed by atoms with Crippen molar-refractivity contribution in [2.24, 2.45) is 0 Å². The minimum absolute atomic E-state index is 0.331. The summed E-state index contributed by atoms with van der Waals surface area (Å²) in [4.78, 5) is 74.7. The number of benzene rings is 4. The zero-order valence-corrected chi connectivity index (χ0v) is 30.6. The van der Waals surface area contributed by atoms with Crippen molar-refractivity contribution >= 4 is 58.2 Å². The van der Waals surface area contributed by atoms with Crippen LogP contribution in [0.1, 0.15) is 20.7 Å². The summed E-state index contributed by atoms with van der Waals surface area (Å²) in [7, 11) is 0. The Kier molecular flexibility index (Phi) is 13.7. The van der Waals surface area contributed by atoms with Crippen LogP contribution in [0.5, 0.6) is 11.5 Å². The minimum atomic E-state index is -0.423. The number of hydrogen-bond donors (Lipinski definition) is 2. The predicted octanol–water partition coefficient (Wildman–Crippen LogP) is 4.56. The molecule has 0 bridgehead atoms. The molecule has 2 N–H and O–H groups in total. The first-order valence-electron chi connectivity index (χ1n) is 17.9. The van der Waals surface area contributed by atoms with Crippen LogP contribution in [0.15, 0.2) is 121 Å². The van der Waals surface area contributed by atoms with Crippen LogP contribution in [0.4, 0.5) is 22.7 Å². The molecule has 0 saturated carbocycles. The number of imide groups is 2. The number of carbonyl (C=O) groups is 6. The lowest BCUT2D eigenvalue weighted by Crippen LogP contribution is -2.29. The Balaban J connectivity index is 0.754. The first-order chi connectivity index (χ1) is 27.7. The van der Waals surface area contributed by atoms with Crippen LogP contribution in [0.25, 0.3) is 0 Å². The van der Waals surface area contributed by atoms with E-state index in [0.717, 1.165) is 9.80 Å². The fraction of sp³-hybridized carbons (Fsp3) is 0.190. The summed E-state index contributed by atoms with van der Waals surface area (Å²) in [6.07, 6.45) is 4.81. The quantitative estimate of drug-likeness (QED) is 0.0950. The van der Waals surface area contributed by atoms with Crippen LogP contribution in [0.2, 0.25) is 0 Å². The zero-order chi connectivity index (χ0) is 40.0. The second-order valence-corrected chi connectivity index (χ2v) is 12.3. The topological polar surface area (TPSA) is 179 Å². The highest BCUT2D eigenvalue weighted by Crippen LogP contribution is 2.23. The first kappa shape index (κ1) is 39.7. The average molecular weight is 775 g/mol. The van der Waals surface area contributed by atoms with E-state index in [4.69, 9.17) is 23.7 Å². The molecule has 292 valence electrons. The van der Waals surface area contributed by atoms with Crippen LogP contribution in [-0.4, -0.2) is 88.3 Å². The van der Waals surface area contributed by atoms with E-state index in [9.17, 15) is 28.8 Å². The third kappa shape index (κ3) is 11.1. The third-order valence-electron chi connectivity index (χ3n) is 8.36. The SMILES string of the molecule is O=C(Nc1ccc(OCCOCCOCCOCCOc2ccc(NC(=O)c3ccc(N4C(=O)C=CC4=O)cc3)cc2)cc1)c1ccc(N2C(=O)C=CC2=O)cc1. The minimum Gasteiger partial charge on any atom is -0.491 e. The van der Waals surface area contributed by atoms with Crippen LogP contribution in [0.3, 0.4) is 0 Å². The van der Waals surface area contributed by atoms with E-state index in [1.807, 2.05) is 0 Å². The molecule has 15 heteroatoms. The van der Waals surface area contributed by atoms with Gasteiger partial charge >= 0.3 is 0 Å². The van der Waals surface area contributed by atoms with Gasteiger partial charge in [-0.05, 0) is 97.1 Å². The van der Waals surface area contributed by atoms with Gasteiger partial charge in [0.25, 0.3) is 35.4 Å². The van der Waals surface area contributed by atoms with E-state index in [1.54, 1.807) is 97.1 Å². The summed E-state index contributed by atoms with van der Waals surface area (Å²) in [5.74, 6) is -1.14. The normalized spacial score (nSPS) is 13.4. The van der Waals surface area contributed by atoms with E-state index in [1.165, 1.54) is 24.3 Å². The molecule has 2 heterocycles. The van der Waals surface area contributed by atoms with Crippen molar-refractivity contribution in [1.29, 1.82) is 0 Å². The Labute approximate surface area is 327 Å². The van der Waals surface area contributed by atoms with Crippen molar-refractivity contribution < 1.29 is 52.5 Å². The number of rotatable bonds is 20. The van der Waals surface area contributed by atoms with Gasteiger partial charge < -0.3 is 34.3 Å². The molecule has 0 spiro atoms. The van der Waals surface area contributed by atoms with Gasteiger partial charge in [-0.1, -0.05) is 0 Å². The number of hydrogen-bond acceptors (Lipinski definition) is 11. The number of ether oxygens (including phenoxy) is 5. The number of anilines is 4. The molecule has 2 aliphatic rings. The van der Waals surface area contributed by atoms with Gasteiger partial charge in [-0.25, -0.2) is 9.80 Å². The largest absolute Gasteiger partial charge is 0.491 e. The average Bonchev–Trinajstić information content (AvgIpc) is 3.75. The lowest BCUT2D eigenvalue weighted by molar-refractivity contribution is -0.121. The molecule has 2 aliphatic heterocycles. The van der Waals surface area contributed by atoms with Crippen LogP contribution in [-0.2, 0) is 33.4 Å². The summed E-state index contributed by atoms with van der Waals surface area (Å²) < 4.78 is 28.0. The summed E-state index contributed by atoms with van der Waals surface area (Å²) in [5, 5.41) is 5.60. The lowest BCUT2D eigenvalue weighted by atomic mass is 10.1. The smallest absolute Gasteiger partial charge is 0.258 e. The fourth-order valence-corrected chi connectivity index (χ4v) is 5.49.